The van der Waals surface area contributed by atoms with E-state index in [0.717, 1.165) is 19.3 Å². The summed E-state index contributed by atoms with van der Waals surface area (Å²) in [5.41, 5.74) is 0.603. The van der Waals surface area contributed by atoms with Crippen LogP contribution in [-0.2, 0) is 16.5 Å². The minimum absolute atomic E-state index is 0. The molecule has 0 saturated carbocycles. The Balaban J connectivity index is 0.00000420. The Morgan fingerprint density at radius 1 is 0.931 bits per heavy atom. The smallest absolute Gasteiger partial charge is 0.872 e. The Morgan fingerprint density at radius 3 is 2.21 bits per heavy atom. The molecule has 2 rings (SSSR count). The molecule has 0 aliphatic heterocycles. The normalized spacial score (nSPS) is 11.1. The maximum absolute atomic E-state index is 12.3. The van der Waals surface area contributed by atoms with E-state index in [1.807, 2.05) is 0 Å². The summed E-state index contributed by atoms with van der Waals surface area (Å²) in [4.78, 5) is -0.243. The average Bonchev–Trinajstić information content (AvgIpc) is 2.65. The molecule has 5 nitrogen and oxygen atoms in total. The Bertz CT molecular complexity index is 852. The van der Waals surface area contributed by atoms with Crippen molar-refractivity contribution in [2.75, 3.05) is 0 Å². The van der Waals surface area contributed by atoms with Crippen LogP contribution in [0.25, 0.3) is 0 Å². The van der Waals surface area contributed by atoms with Crippen molar-refractivity contribution in [3.8, 4) is 17.2 Å². The summed E-state index contributed by atoms with van der Waals surface area (Å²) in [5.74, 6) is 0.618. The molecule has 0 aromatic heterocycles. The van der Waals surface area contributed by atoms with Crippen molar-refractivity contribution in [2.24, 2.45) is 0 Å². The van der Waals surface area contributed by atoms with Crippen LogP contribution < -0.4 is 39.4 Å². The molecule has 0 spiro atoms. The van der Waals surface area contributed by atoms with Crippen LogP contribution in [-0.4, -0.2) is 13.0 Å². The first kappa shape index (κ1) is 26.0. The fraction of sp³-hybridized carbons (Fsp3) is 0.455. The third-order valence-corrected chi connectivity index (χ3v) is 5.55. The van der Waals surface area contributed by atoms with Crippen molar-refractivity contribution in [2.45, 2.75) is 69.6 Å². The molecule has 154 valence electrons. The van der Waals surface area contributed by atoms with Crippen LogP contribution in [0.3, 0.4) is 0 Å². The summed E-state index contributed by atoms with van der Waals surface area (Å²) in [6.07, 6.45) is 10.1. The van der Waals surface area contributed by atoms with Gasteiger partial charge in [0, 0.05) is 6.07 Å². The summed E-state index contributed by atoms with van der Waals surface area (Å²) < 4.78 is 37.5. The minimum Gasteiger partial charge on any atom is -0.872 e. The van der Waals surface area contributed by atoms with Crippen molar-refractivity contribution in [1.82, 2.24) is 0 Å². The molecule has 0 amide bonds. The van der Waals surface area contributed by atoms with Gasteiger partial charge in [-0.2, -0.15) is 8.42 Å². The molecular weight excluding hydrogens is 399 g/mol. The molecule has 7 heteroatoms. The number of ether oxygens (including phenoxy) is 1. The van der Waals surface area contributed by atoms with Gasteiger partial charge in [0.1, 0.15) is 11.5 Å². The molecule has 0 heterocycles. The Morgan fingerprint density at radius 2 is 1.55 bits per heavy atom. The van der Waals surface area contributed by atoms with E-state index in [1.165, 1.54) is 56.4 Å². The molecule has 0 aliphatic rings. The molecule has 0 radical (unpaired) electrons. The van der Waals surface area contributed by atoms with Crippen molar-refractivity contribution < 1.29 is 52.4 Å². The largest absolute Gasteiger partial charge is 1.00 e. The van der Waals surface area contributed by atoms with E-state index in [1.54, 1.807) is 18.2 Å². The molecule has 0 unspecified atom stereocenters. The van der Waals surface area contributed by atoms with Crippen LogP contribution in [0.2, 0.25) is 0 Å². The summed E-state index contributed by atoms with van der Waals surface area (Å²) in [6, 6.07) is 10.5. The van der Waals surface area contributed by atoms with Gasteiger partial charge in [0.2, 0.25) is 0 Å². The number of unbranched alkanes of at least 4 members (excludes halogenated alkanes) is 7. The van der Waals surface area contributed by atoms with Gasteiger partial charge in [-0.25, -0.2) is 0 Å². The molecule has 2 aromatic rings. The predicted octanol–water partition coefficient (Wildman–Crippen LogP) is 2.49. The fourth-order valence-electron chi connectivity index (χ4n) is 3.15. The first-order chi connectivity index (χ1) is 13.4. The maximum Gasteiger partial charge on any atom is 1.00 e. The van der Waals surface area contributed by atoms with Gasteiger partial charge in [-0.3, -0.25) is 4.55 Å². The van der Waals surface area contributed by atoms with Crippen LogP contribution in [0, 0.1) is 0 Å². The monoisotopic (exact) mass is 428 g/mol. The van der Waals surface area contributed by atoms with Gasteiger partial charge in [0.25, 0.3) is 10.1 Å². The summed E-state index contributed by atoms with van der Waals surface area (Å²) in [6.45, 7) is 2.21. The fourth-order valence-corrected chi connectivity index (χ4v) is 3.66. The first-order valence-electron chi connectivity index (χ1n) is 9.96. The van der Waals surface area contributed by atoms with Gasteiger partial charge in [-0.1, -0.05) is 70.1 Å². The molecular formula is C22H29NaO5S. The van der Waals surface area contributed by atoms with Crippen LogP contribution in [0.4, 0.5) is 0 Å². The number of hydrogen-bond donors (Lipinski definition) is 1. The van der Waals surface area contributed by atoms with Crippen LogP contribution in [0.5, 0.6) is 17.2 Å². The van der Waals surface area contributed by atoms with Gasteiger partial charge in [0.15, 0.2) is 0 Å². The predicted molar refractivity (Wildman–Crippen MR) is 109 cm³/mol. The summed E-state index contributed by atoms with van der Waals surface area (Å²) in [7, 11) is -4.31. The van der Waals surface area contributed by atoms with Gasteiger partial charge in [0.05, 0.1) is 4.90 Å². The van der Waals surface area contributed by atoms with Gasteiger partial charge in [-0.15, -0.1) is 5.75 Å². The van der Waals surface area contributed by atoms with Gasteiger partial charge < -0.3 is 9.84 Å². The zero-order chi connectivity index (χ0) is 20.4. The second-order valence-electron chi connectivity index (χ2n) is 7.01. The SMILES string of the molecule is CCCCCCCCCCc1c([O-])cccc1Oc1cccc(S(=O)(=O)O)c1.[Na+]. The summed E-state index contributed by atoms with van der Waals surface area (Å²) in [5, 5.41) is 12.3. The third kappa shape index (κ3) is 9.09. The standard InChI is InChI=1S/C22H30O5S.Na/c1-2-3-4-5-6-7-8-9-14-20-21(23)15-11-16-22(20)27-18-12-10-13-19(17-18)28(24,25)26;/h10-13,15-17,23H,2-9,14H2,1H3,(H,24,25,26);/q;+1/p-1. The van der Waals surface area contributed by atoms with Crippen molar-refractivity contribution in [1.29, 1.82) is 0 Å². The minimum atomic E-state index is -4.31. The quantitative estimate of drug-likeness (QED) is 0.319. The van der Waals surface area contributed by atoms with Crippen LogP contribution >= 0.6 is 0 Å². The van der Waals surface area contributed by atoms with E-state index in [4.69, 9.17) is 4.74 Å². The topological polar surface area (TPSA) is 86.7 Å². The Kier molecular flexibility index (Phi) is 11.9. The van der Waals surface area contributed by atoms with Gasteiger partial charge in [-0.05, 0) is 36.6 Å². The number of rotatable bonds is 12. The molecule has 0 atom stereocenters. The second-order valence-corrected chi connectivity index (χ2v) is 8.43. The molecule has 0 fully saturated rings. The Hall–Kier alpha value is -1.05. The molecule has 1 N–H and O–H groups in total. The molecule has 0 saturated heterocycles. The molecule has 2 aromatic carbocycles. The van der Waals surface area contributed by atoms with E-state index in [2.05, 4.69) is 6.92 Å². The van der Waals surface area contributed by atoms with E-state index in [0.29, 0.717) is 17.7 Å². The second kappa shape index (κ2) is 13.3. The van der Waals surface area contributed by atoms with Crippen LogP contribution in [0.15, 0.2) is 47.4 Å². The molecule has 29 heavy (non-hydrogen) atoms. The third-order valence-electron chi connectivity index (χ3n) is 4.70. The van der Waals surface area contributed by atoms with E-state index < -0.39 is 10.1 Å². The zero-order valence-electron chi connectivity index (χ0n) is 17.4. The van der Waals surface area contributed by atoms with Crippen molar-refractivity contribution in [3.63, 3.8) is 0 Å². The van der Waals surface area contributed by atoms with Crippen molar-refractivity contribution >= 4 is 10.1 Å². The molecule has 0 aliphatic carbocycles. The van der Waals surface area contributed by atoms with E-state index >= 15 is 0 Å². The Labute approximate surface area is 196 Å². The average molecular weight is 429 g/mol. The van der Waals surface area contributed by atoms with Crippen LogP contribution in [0.1, 0.15) is 63.9 Å². The number of benzene rings is 2. The van der Waals surface area contributed by atoms with Crippen molar-refractivity contribution in [3.05, 3.63) is 48.0 Å². The maximum atomic E-state index is 12.3. The summed E-state index contributed by atoms with van der Waals surface area (Å²) >= 11 is 0. The zero-order valence-corrected chi connectivity index (χ0v) is 20.2. The van der Waals surface area contributed by atoms with E-state index in [9.17, 15) is 18.1 Å². The number of hydrogen-bond acceptors (Lipinski definition) is 4. The first-order valence-corrected chi connectivity index (χ1v) is 11.4. The molecule has 0 bridgehead atoms. The van der Waals surface area contributed by atoms with E-state index in [-0.39, 0.29) is 46.0 Å². The van der Waals surface area contributed by atoms with Gasteiger partial charge >= 0.3 is 29.6 Å².